The average molecular weight is 341 g/mol. The number of piperidine rings is 1. The van der Waals surface area contributed by atoms with Crippen LogP contribution in [0.15, 0.2) is 22.9 Å². The summed E-state index contributed by atoms with van der Waals surface area (Å²) in [6, 6.07) is 3.32. The van der Waals surface area contributed by atoms with Gasteiger partial charge in [-0.25, -0.2) is 0 Å². The van der Waals surface area contributed by atoms with Crippen molar-refractivity contribution in [2.75, 3.05) is 6.54 Å². The zero-order valence-electron chi connectivity index (χ0n) is 12.4. The van der Waals surface area contributed by atoms with Crippen molar-refractivity contribution in [3.8, 4) is 11.4 Å². The van der Waals surface area contributed by atoms with E-state index in [2.05, 4.69) is 30.3 Å². The van der Waals surface area contributed by atoms with Crippen LogP contribution in [0.3, 0.4) is 0 Å². The number of carbonyl (C=O) groups excluding carboxylic acids is 1. The molecule has 3 rings (SSSR count). The van der Waals surface area contributed by atoms with E-state index in [4.69, 9.17) is 0 Å². The van der Waals surface area contributed by atoms with Gasteiger partial charge in [0.2, 0.25) is 11.7 Å². The average Bonchev–Trinajstić information content (AvgIpc) is 3.04. The Morgan fingerprint density at radius 2 is 2.21 bits per heavy atom. The second-order valence-corrected chi connectivity index (χ2v) is 5.38. The lowest BCUT2D eigenvalue weighted by Crippen LogP contribution is -2.43. The summed E-state index contributed by atoms with van der Waals surface area (Å²) >= 11 is 0. The number of carbonyl (C=O) groups is 1. The first-order valence-corrected chi connectivity index (χ1v) is 7.28. The third kappa shape index (κ3) is 3.88. The summed E-state index contributed by atoms with van der Waals surface area (Å²) in [7, 11) is 0. The van der Waals surface area contributed by atoms with Crippen molar-refractivity contribution in [1.29, 1.82) is 0 Å². The van der Waals surface area contributed by atoms with Crippen LogP contribution in [0, 0.1) is 0 Å². The monoisotopic (exact) mass is 341 g/mol. The summed E-state index contributed by atoms with van der Waals surface area (Å²) in [4.78, 5) is 18.8. The summed E-state index contributed by atoms with van der Waals surface area (Å²) < 4.78 is 41.5. The van der Waals surface area contributed by atoms with Crippen LogP contribution in [0.2, 0.25) is 0 Å². The predicted octanol–water partition coefficient (Wildman–Crippen LogP) is 1.52. The van der Waals surface area contributed by atoms with Gasteiger partial charge in [-0.05, 0) is 18.6 Å². The maximum Gasteiger partial charge on any atom is 0.471 e. The number of aromatic nitrogens is 3. The Balaban J connectivity index is 1.61. The van der Waals surface area contributed by atoms with Gasteiger partial charge < -0.3 is 15.2 Å². The molecule has 1 aliphatic heterocycles. The van der Waals surface area contributed by atoms with Gasteiger partial charge in [-0.2, -0.15) is 18.2 Å². The number of halogens is 3. The molecule has 1 aliphatic rings. The molecule has 0 aromatic carbocycles. The van der Waals surface area contributed by atoms with E-state index in [-0.39, 0.29) is 17.8 Å². The normalized spacial score (nSPS) is 18.5. The lowest BCUT2D eigenvalue weighted by molar-refractivity contribution is -0.159. The van der Waals surface area contributed by atoms with E-state index < -0.39 is 12.1 Å². The summed E-state index contributed by atoms with van der Waals surface area (Å²) in [5, 5.41) is 9.28. The Morgan fingerprint density at radius 1 is 1.38 bits per heavy atom. The molecule has 1 saturated heterocycles. The van der Waals surface area contributed by atoms with E-state index in [9.17, 15) is 18.0 Å². The molecule has 1 fully saturated rings. The molecule has 3 heterocycles. The molecular formula is C14H14F3N5O2. The van der Waals surface area contributed by atoms with E-state index >= 15 is 0 Å². The van der Waals surface area contributed by atoms with Gasteiger partial charge in [0.15, 0.2) is 0 Å². The molecule has 128 valence electrons. The van der Waals surface area contributed by atoms with Gasteiger partial charge in [-0.1, -0.05) is 5.16 Å². The molecule has 0 bridgehead atoms. The molecule has 0 radical (unpaired) electrons. The Hall–Kier alpha value is -2.49. The molecule has 0 saturated carbocycles. The van der Waals surface area contributed by atoms with Crippen LogP contribution in [0.5, 0.6) is 0 Å². The van der Waals surface area contributed by atoms with Crippen LogP contribution in [0.1, 0.15) is 24.4 Å². The van der Waals surface area contributed by atoms with Crippen LogP contribution in [0.4, 0.5) is 13.2 Å². The van der Waals surface area contributed by atoms with Gasteiger partial charge >= 0.3 is 12.1 Å². The second-order valence-electron chi connectivity index (χ2n) is 5.38. The topological polar surface area (TPSA) is 92.9 Å². The minimum Gasteiger partial charge on any atom is -0.356 e. The van der Waals surface area contributed by atoms with E-state index in [1.165, 1.54) is 6.20 Å². The van der Waals surface area contributed by atoms with Crippen molar-refractivity contribution < 1.29 is 22.5 Å². The quantitative estimate of drug-likeness (QED) is 0.876. The minimum atomic E-state index is -4.67. The maximum atomic E-state index is 12.4. The fraction of sp³-hybridized carbons (Fsp3) is 0.429. The molecule has 24 heavy (non-hydrogen) atoms. The molecule has 0 spiro atoms. The fourth-order valence-electron chi connectivity index (χ4n) is 2.32. The molecule has 2 N–H and O–H groups in total. The van der Waals surface area contributed by atoms with E-state index in [1.54, 1.807) is 12.1 Å². The number of hydrogen-bond acceptors (Lipinski definition) is 6. The zero-order chi connectivity index (χ0) is 17.2. The number of alkyl halides is 3. The van der Waals surface area contributed by atoms with Crippen LogP contribution in [-0.2, 0) is 17.5 Å². The highest BCUT2D eigenvalue weighted by atomic mass is 19.4. The standard InChI is InChI=1S/C14H14F3N5O2/c15-14(16,17)13-21-12(22-24-13)8-1-2-10(19-6-8)7-20-9-3-4-18-11(23)5-9/h1-2,6,9,20H,3-5,7H2,(H,18,23). The van der Waals surface area contributed by atoms with E-state index in [0.717, 1.165) is 6.42 Å². The molecule has 1 amide bonds. The first-order chi connectivity index (χ1) is 11.4. The molecule has 7 nitrogen and oxygen atoms in total. The summed E-state index contributed by atoms with van der Waals surface area (Å²) in [5.41, 5.74) is 1.03. The summed E-state index contributed by atoms with van der Waals surface area (Å²) in [6.45, 7) is 1.10. The number of pyridine rings is 1. The smallest absolute Gasteiger partial charge is 0.356 e. The third-order valence-corrected chi connectivity index (χ3v) is 3.57. The Morgan fingerprint density at radius 3 is 2.83 bits per heavy atom. The predicted molar refractivity (Wildman–Crippen MR) is 75.4 cm³/mol. The number of nitrogens with one attached hydrogen (secondary N) is 2. The second kappa shape index (κ2) is 6.56. The van der Waals surface area contributed by atoms with Gasteiger partial charge in [0.25, 0.3) is 0 Å². The molecule has 10 heteroatoms. The molecule has 0 aliphatic carbocycles. The lowest BCUT2D eigenvalue weighted by atomic mass is 10.1. The highest BCUT2D eigenvalue weighted by molar-refractivity contribution is 5.77. The van der Waals surface area contributed by atoms with Gasteiger partial charge in [-0.3, -0.25) is 9.78 Å². The van der Waals surface area contributed by atoms with Crippen LogP contribution < -0.4 is 10.6 Å². The van der Waals surface area contributed by atoms with Crippen molar-refractivity contribution in [1.82, 2.24) is 25.8 Å². The maximum absolute atomic E-state index is 12.4. The molecule has 2 aromatic rings. The number of rotatable bonds is 4. The van der Waals surface area contributed by atoms with Crippen molar-refractivity contribution >= 4 is 5.91 Å². The highest BCUT2D eigenvalue weighted by Gasteiger charge is 2.38. The lowest BCUT2D eigenvalue weighted by Gasteiger charge is -2.22. The van der Waals surface area contributed by atoms with Crippen molar-refractivity contribution in [3.05, 3.63) is 29.9 Å². The molecule has 1 unspecified atom stereocenters. The van der Waals surface area contributed by atoms with Gasteiger partial charge in [0.1, 0.15) is 0 Å². The first-order valence-electron chi connectivity index (χ1n) is 7.28. The highest BCUT2D eigenvalue weighted by Crippen LogP contribution is 2.29. The Labute approximate surface area is 134 Å². The van der Waals surface area contributed by atoms with Gasteiger partial charge in [0, 0.05) is 37.3 Å². The van der Waals surface area contributed by atoms with Gasteiger partial charge in [-0.15, -0.1) is 0 Å². The Bertz CT molecular complexity index is 714. The molecular weight excluding hydrogens is 327 g/mol. The van der Waals surface area contributed by atoms with Crippen LogP contribution in [0.25, 0.3) is 11.4 Å². The fourth-order valence-corrected chi connectivity index (χ4v) is 2.32. The van der Waals surface area contributed by atoms with Crippen molar-refractivity contribution in [2.24, 2.45) is 0 Å². The number of hydrogen-bond donors (Lipinski definition) is 2. The molecule has 1 atom stereocenters. The summed E-state index contributed by atoms with van der Waals surface area (Å²) in [6.07, 6.45) is -2.03. The number of amides is 1. The summed E-state index contributed by atoms with van der Waals surface area (Å²) in [5.74, 6) is -1.54. The van der Waals surface area contributed by atoms with E-state index in [0.29, 0.717) is 30.8 Å². The van der Waals surface area contributed by atoms with Crippen LogP contribution >= 0.6 is 0 Å². The number of nitrogens with zero attached hydrogens (tertiary/aromatic N) is 3. The SMILES string of the molecule is O=C1CC(NCc2ccc(-c3noc(C(F)(F)F)n3)cn2)CCN1. The van der Waals surface area contributed by atoms with Crippen molar-refractivity contribution in [2.45, 2.75) is 31.6 Å². The van der Waals surface area contributed by atoms with Crippen LogP contribution in [-0.4, -0.2) is 33.6 Å². The third-order valence-electron chi connectivity index (χ3n) is 3.57. The minimum absolute atomic E-state index is 0.0135. The first kappa shape index (κ1) is 16.4. The molecule has 2 aromatic heterocycles. The largest absolute Gasteiger partial charge is 0.471 e. The van der Waals surface area contributed by atoms with E-state index in [1.807, 2.05) is 0 Å². The van der Waals surface area contributed by atoms with Crippen molar-refractivity contribution in [3.63, 3.8) is 0 Å². The zero-order valence-corrected chi connectivity index (χ0v) is 12.4. The Kier molecular flexibility index (Phi) is 4.47. The van der Waals surface area contributed by atoms with Gasteiger partial charge in [0.05, 0.1) is 5.69 Å².